The molecule has 0 aromatic heterocycles. The molecule has 1 aromatic carbocycles. The number of carbonyl (C=O) groups excluding carboxylic acids is 2. The summed E-state index contributed by atoms with van der Waals surface area (Å²) < 4.78 is 10.4. The first-order valence-corrected chi connectivity index (χ1v) is 8.31. The molecule has 1 aromatic rings. The summed E-state index contributed by atoms with van der Waals surface area (Å²) in [5, 5.41) is 2.61. The van der Waals surface area contributed by atoms with E-state index in [0.29, 0.717) is 13.0 Å². The van der Waals surface area contributed by atoms with Gasteiger partial charge in [0.1, 0.15) is 12.6 Å². The molecule has 0 radical (unpaired) electrons. The first kappa shape index (κ1) is 19.0. The second-order valence-electron chi connectivity index (χ2n) is 5.42. The van der Waals surface area contributed by atoms with Gasteiger partial charge in [0, 0.05) is 0 Å². The number of unbranched alkanes of at least 4 members (excludes halogenated alkanes) is 2. The van der Waals surface area contributed by atoms with Crippen molar-refractivity contribution in [2.24, 2.45) is 0 Å². The zero-order chi connectivity index (χ0) is 16.9. The average molecular weight is 321 g/mol. The van der Waals surface area contributed by atoms with E-state index in [1.54, 1.807) is 0 Å². The van der Waals surface area contributed by atoms with E-state index in [9.17, 15) is 9.59 Å². The molecule has 23 heavy (non-hydrogen) atoms. The minimum Gasteiger partial charge on any atom is -0.459 e. The lowest BCUT2D eigenvalue weighted by Gasteiger charge is -2.17. The molecule has 0 spiro atoms. The predicted molar refractivity (Wildman–Crippen MR) is 88.9 cm³/mol. The van der Waals surface area contributed by atoms with Gasteiger partial charge in [-0.1, -0.05) is 63.4 Å². The molecule has 1 amide bonds. The Bertz CT molecular complexity index is 461. The molecular formula is C18H27NO4. The molecule has 0 aliphatic carbocycles. The molecule has 128 valence electrons. The van der Waals surface area contributed by atoms with Gasteiger partial charge in [-0.25, -0.2) is 9.59 Å². The molecular weight excluding hydrogens is 294 g/mol. The van der Waals surface area contributed by atoms with Gasteiger partial charge in [0.25, 0.3) is 0 Å². The average Bonchev–Trinajstić information content (AvgIpc) is 2.57. The summed E-state index contributed by atoms with van der Waals surface area (Å²) in [5.74, 6) is -0.422. The lowest BCUT2D eigenvalue weighted by molar-refractivity contribution is -0.147. The maximum Gasteiger partial charge on any atom is 0.407 e. The Balaban J connectivity index is 2.47. The van der Waals surface area contributed by atoms with Gasteiger partial charge < -0.3 is 14.8 Å². The number of rotatable bonds is 10. The Morgan fingerprint density at radius 3 is 2.39 bits per heavy atom. The third kappa shape index (κ3) is 8.24. The van der Waals surface area contributed by atoms with E-state index in [1.165, 1.54) is 0 Å². The Morgan fingerprint density at radius 1 is 1.04 bits per heavy atom. The molecule has 1 N–H and O–H groups in total. The van der Waals surface area contributed by atoms with E-state index >= 15 is 0 Å². The first-order chi connectivity index (χ1) is 11.2. The number of hydrogen-bond acceptors (Lipinski definition) is 4. The van der Waals surface area contributed by atoms with E-state index in [2.05, 4.69) is 5.32 Å². The van der Waals surface area contributed by atoms with Crippen LogP contribution in [0.1, 0.15) is 51.5 Å². The van der Waals surface area contributed by atoms with E-state index in [-0.39, 0.29) is 6.61 Å². The minimum absolute atomic E-state index is 0.203. The summed E-state index contributed by atoms with van der Waals surface area (Å²) in [6.45, 7) is 4.62. The summed E-state index contributed by atoms with van der Waals surface area (Å²) in [4.78, 5) is 23.9. The Morgan fingerprint density at radius 2 is 1.74 bits per heavy atom. The quantitative estimate of drug-likeness (QED) is 0.525. The van der Waals surface area contributed by atoms with Crippen LogP contribution >= 0.6 is 0 Å². The summed E-state index contributed by atoms with van der Waals surface area (Å²) in [6, 6.07) is 8.81. The largest absolute Gasteiger partial charge is 0.459 e. The highest BCUT2D eigenvalue weighted by Gasteiger charge is 2.22. The summed E-state index contributed by atoms with van der Waals surface area (Å²) in [5.41, 5.74) is 0.917. The molecule has 0 saturated carbocycles. The van der Waals surface area contributed by atoms with Crippen LogP contribution in [0.2, 0.25) is 0 Å². The van der Waals surface area contributed by atoms with E-state index in [1.807, 2.05) is 44.2 Å². The van der Waals surface area contributed by atoms with Gasteiger partial charge >= 0.3 is 12.1 Å². The van der Waals surface area contributed by atoms with Gasteiger partial charge in [0.15, 0.2) is 0 Å². The molecule has 0 bridgehead atoms. The Labute approximate surface area is 138 Å². The zero-order valence-corrected chi connectivity index (χ0v) is 14.0. The second-order valence-corrected chi connectivity index (χ2v) is 5.42. The number of amides is 1. The lowest BCUT2D eigenvalue weighted by atomic mass is 10.1. The first-order valence-electron chi connectivity index (χ1n) is 8.31. The Kier molecular flexibility index (Phi) is 9.52. The Hall–Kier alpha value is -2.04. The van der Waals surface area contributed by atoms with Gasteiger partial charge in [0.05, 0.1) is 6.61 Å². The lowest BCUT2D eigenvalue weighted by Crippen LogP contribution is -2.42. The highest BCUT2D eigenvalue weighted by molar-refractivity contribution is 5.81. The number of carbonyl (C=O) groups is 2. The van der Waals surface area contributed by atoms with Crippen LogP contribution in [-0.2, 0) is 20.9 Å². The van der Waals surface area contributed by atoms with Crippen LogP contribution in [0, 0.1) is 0 Å². The monoisotopic (exact) mass is 321 g/mol. The smallest absolute Gasteiger partial charge is 0.407 e. The maximum atomic E-state index is 12.2. The van der Waals surface area contributed by atoms with E-state index in [4.69, 9.17) is 9.47 Å². The van der Waals surface area contributed by atoms with Crippen LogP contribution in [-0.4, -0.2) is 24.7 Å². The number of nitrogens with one attached hydrogen (secondary N) is 1. The van der Waals surface area contributed by atoms with Crippen molar-refractivity contribution in [2.75, 3.05) is 6.61 Å². The molecule has 1 atom stereocenters. The van der Waals surface area contributed by atoms with E-state index in [0.717, 1.165) is 31.2 Å². The van der Waals surface area contributed by atoms with Crippen molar-refractivity contribution in [3.05, 3.63) is 35.9 Å². The summed E-state index contributed by atoms with van der Waals surface area (Å²) >= 11 is 0. The molecule has 1 unspecified atom stereocenters. The minimum atomic E-state index is -0.659. The molecule has 5 heteroatoms. The maximum absolute atomic E-state index is 12.2. The number of esters is 1. The van der Waals surface area contributed by atoms with Crippen LogP contribution in [0.5, 0.6) is 0 Å². The predicted octanol–water partition coefficient (Wildman–Crippen LogP) is 3.81. The van der Waals surface area contributed by atoms with Gasteiger partial charge in [-0.05, 0) is 18.4 Å². The normalized spacial score (nSPS) is 11.6. The second kappa shape index (κ2) is 11.5. The van der Waals surface area contributed by atoms with Gasteiger partial charge in [-0.2, -0.15) is 0 Å². The molecule has 1 rings (SSSR count). The molecule has 0 fully saturated rings. The topological polar surface area (TPSA) is 64.6 Å². The van der Waals surface area contributed by atoms with Crippen molar-refractivity contribution in [3.8, 4) is 0 Å². The molecule has 0 heterocycles. The fourth-order valence-corrected chi connectivity index (χ4v) is 1.98. The summed E-state index contributed by atoms with van der Waals surface area (Å²) in [6.07, 6.45) is 3.52. The van der Waals surface area contributed by atoms with E-state index < -0.39 is 18.1 Å². The third-order valence-electron chi connectivity index (χ3n) is 3.38. The number of benzene rings is 1. The SMILES string of the molecule is CCCCOC(=O)NC(CCCC)C(=O)OCc1ccccc1. The van der Waals surface area contributed by atoms with Crippen molar-refractivity contribution >= 4 is 12.1 Å². The number of ether oxygens (including phenoxy) is 2. The fraction of sp³-hybridized carbons (Fsp3) is 0.556. The van der Waals surface area contributed by atoms with Crippen molar-refractivity contribution in [1.82, 2.24) is 5.32 Å². The highest BCUT2D eigenvalue weighted by atomic mass is 16.6. The van der Waals surface area contributed by atoms with Crippen LogP contribution in [0.3, 0.4) is 0 Å². The standard InChI is InChI=1S/C18H27NO4/c1-3-5-12-16(19-18(21)22-13-6-4-2)17(20)23-14-15-10-8-7-9-11-15/h7-11,16H,3-6,12-14H2,1-2H3,(H,19,21). The molecule has 0 aliphatic rings. The van der Waals surface area contributed by atoms with Crippen molar-refractivity contribution in [3.63, 3.8) is 0 Å². The van der Waals surface area contributed by atoms with Crippen molar-refractivity contribution in [2.45, 2.75) is 58.6 Å². The van der Waals surface area contributed by atoms with Crippen LogP contribution in [0.25, 0.3) is 0 Å². The molecule has 5 nitrogen and oxygen atoms in total. The molecule has 0 saturated heterocycles. The van der Waals surface area contributed by atoms with Crippen LogP contribution in [0.15, 0.2) is 30.3 Å². The van der Waals surface area contributed by atoms with Crippen LogP contribution < -0.4 is 5.32 Å². The highest BCUT2D eigenvalue weighted by Crippen LogP contribution is 2.07. The number of hydrogen-bond donors (Lipinski definition) is 1. The zero-order valence-electron chi connectivity index (χ0n) is 14.0. The molecule has 0 aliphatic heterocycles. The van der Waals surface area contributed by atoms with Gasteiger partial charge in [0.2, 0.25) is 0 Å². The van der Waals surface area contributed by atoms with Gasteiger partial charge in [-0.3, -0.25) is 0 Å². The van der Waals surface area contributed by atoms with Crippen molar-refractivity contribution in [1.29, 1.82) is 0 Å². The fourth-order valence-electron chi connectivity index (χ4n) is 1.98. The van der Waals surface area contributed by atoms with Crippen molar-refractivity contribution < 1.29 is 19.1 Å². The summed E-state index contributed by atoms with van der Waals surface area (Å²) in [7, 11) is 0. The number of alkyl carbamates (subject to hydrolysis) is 1. The van der Waals surface area contributed by atoms with Gasteiger partial charge in [-0.15, -0.1) is 0 Å². The third-order valence-corrected chi connectivity index (χ3v) is 3.38. The van der Waals surface area contributed by atoms with Crippen LogP contribution in [0.4, 0.5) is 4.79 Å².